The second-order valence-electron chi connectivity index (χ2n) is 7.35. The Hall–Kier alpha value is -2.54. The zero-order valence-corrected chi connectivity index (χ0v) is 16.7. The van der Waals surface area contributed by atoms with Gasteiger partial charge in [0.2, 0.25) is 5.91 Å². The molecule has 1 amide bonds. The van der Waals surface area contributed by atoms with Gasteiger partial charge in [-0.05, 0) is 61.2 Å². The van der Waals surface area contributed by atoms with Crippen molar-refractivity contribution >= 4 is 27.3 Å². The summed E-state index contributed by atoms with van der Waals surface area (Å²) in [4.78, 5) is 14.9. The number of nitrogens with one attached hydrogen (secondary N) is 1. The summed E-state index contributed by atoms with van der Waals surface area (Å²) >= 11 is 0. The van der Waals surface area contributed by atoms with Gasteiger partial charge in [0.05, 0.1) is 17.7 Å². The van der Waals surface area contributed by atoms with Crippen LogP contribution in [0.25, 0.3) is 0 Å². The third-order valence-electron chi connectivity index (χ3n) is 5.57. The summed E-state index contributed by atoms with van der Waals surface area (Å²) in [5.41, 5.74) is 2.37. The van der Waals surface area contributed by atoms with Gasteiger partial charge in [0.25, 0.3) is 10.0 Å². The lowest BCUT2D eigenvalue weighted by Gasteiger charge is -2.21. The summed E-state index contributed by atoms with van der Waals surface area (Å²) in [5, 5.41) is 0. The molecule has 0 atom stereocenters. The Labute approximate surface area is 165 Å². The number of carbonyl (C=O) groups is 1. The number of amides is 1. The number of carbonyl (C=O) groups excluding carboxylic acids is 1. The number of ether oxygens (including phenoxy) is 1. The predicted molar refractivity (Wildman–Crippen MR) is 108 cm³/mol. The predicted octanol–water partition coefficient (Wildman–Crippen LogP) is 3.58. The van der Waals surface area contributed by atoms with Crippen LogP contribution in [0.15, 0.2) is 47.4 Å². The number of methoxy groups -OCH3 is 1. The molecule has 0 unspecified atom stereocenters. The molecule has 2 aliphatic rings. The molecule has 0 bridgehead atoms. The van der Waals surface area contributed by atoms with Crippen LogP contribution in [-0.4, -0.2) is 28.0 Å². The Kier molecular flexibility index (Phi) is 5.02. The highest BCUT2D eigenvalue weighted by Gasteiger charge is 2.32. The molecule has 28 heavy (non-hydrogen) atoms. The van der Waals surface area contributed by atoms with Crippen molar-refractivity contribution in [3.63, 3.8) is 0 Å². The average molecular weight is 401 g/mol. The van der Waals surface area contributed by atoms with Crippen molar-refractivity contribution in [3.05, 3.63) is 48.0 Å². The van der Waals surface area contributed by atoms with Gasteiger partial charge >= 0.3 is 0 Å². The molecule has 1 saturated carbocycles. The van der Waals surface area contributed by atoms with E-state index in [4.69, 9.17) is 4.74 Å². The van der Waals surface area contributed by atoms with E-state index in [-0.39, 0.29) is 16.7 Å². The molecule has 148 valence electrons. The Morgan fingerprint density at radius 3 is 2.50 bits per heavy atom. The quantitative estimate of drug-likeness (QED) is 0.832. The maximum absolute atomic E-state index is 12.9. The zero-order valence-electron chi connectivity index (χ0n) is 15.8. The van der Waals surface area contributed by atoms with Crippen LogP contribution in [0.4, 0.5) is 11.4 Å². The van der Waals surface area contributed by atoms with E-state index >= 15 is 0 Å². The van der Waals surface area contributed by atoms with Gasteiger partial charge in [-0.25, -0.2) is 8.42 Å². The summed E-state index contributed by atoms with van der Waals surface area (Å²) in [6.45, 7) is 0.666. The van der Waals surface area contributed by atoms with Gasteiger partial charge in [0, 0.05) is 18.2 Å². The average Bonchev–Trinajstić information content (AvgIpc) is 3.37. The van der Waals surface area contributed by atoms with Crippen LogP contribution < -0.4 is 14.4 Å². The van der Waals surface area contributed by atoms with Crippen LogP contribution in [-0.2, 0) is 21.2 Å². The number of fused-ring (bicyclic) bond motifs is 1. The van der Waals surface area contributed by atoms with E-state index in [0.717, 1.165) is 43.4 Å². The molecule has 2 aromatic rings. The van der Waals surface area contributed by atoms with E-state index in [0.29, 0.717) is 18.0 Å². The van der Waals surface area contributed by atoms with Crippen LogP contribution in [0.2, 0.25) is 0 Å². The van der Waals surface area contributed by atoms with E-state index in [9.17, 15) is 13.2 Å². The first kappa shape index (κ1) is 18.8. The number of hydrogen-bond donors (Lipinski definition) is 1. The fourth-order valence-electron chi connectivity index (χ4n) is 4.03. The second-order valence-corrected chi connectivity index (χ2v) is 9.03. The molecular formula is C21H24N2O4S. The van der Waals surface area contributed by atoms with Gasteiger partial charge in [0.1, 0.15) is 5.75 Å². The molecule has 7 heteroatoms. The van der Waals surface area contributed by atoms with Crippen molar-refractivity contribution in [3.8, 4) is 5.75 Å². The van der Waals surface area contributed by atoms with Gasteiger partial charge in [-0.3, -0.25) is 9.52 Å². The molecule has 2 aromatic carbocycles. The molecule has 1 N–H and O–H groups in total. The third-order valence-corrected chi connectivity index (χ3v) is 6.97. The first-order chi connectivity index (χ1) is 13.5. The minimum atomic E-state index is -3.72. The van der Waals surface area contributed by atoms with E-state index in [1.54, 1.807) is 24.3 Å². The standard InChI is InChI=1S/C21H24N2O4S/c1-27-18-8-10-19(11-9-18)28(25,26)22-17-7-6-15-12-13-23(20(15)14-17)21(24)16-4-2-3-5-16/h6-11,14,16,22H,2-5,12-13H2,1H3. The summed E-state index contributed by atoms with van der Waals surface area (Å²) in [6.07, 6.45) is 4.93. The summed E-state index contributed by atoms with van der Waals surface area (Å²) in [5.74, 6) is 0.870. The van der Waals surface area contributed by atoms with Crippen molar-refractivity contribution in [2.75, 3.05) is 23.3 Å². The molecule has 1 aliphatic carbocycles. The maximum Gasteiger partial charge on any atom is 0.261 e. The summed E-state index contributed by atoms with van der Waals surface area (Å²) in [7, 11) is -2.19. The molecule has 1 fully saturated rings. The van der Waals surface area contributed by atoms with Gasteiger partial charge < -0.3 is 9.64 Å². The van der Waals surface area contributed by atoms with Crippen LogP contribution in [0, 0.1) is 5.92 Å². The molecule has 1 aliphatic heterocycles. The van der Waals surface area contributed by atoms with Crippen molar-refractivity contribution in [1.29, 1.82) is 0 Å². The van der Waals surface area contributed by atoms with Crippen molar-refractivity contribution in [2.45, 2.75) is 37.0 Å². The molecule has 0 aromatic heterocycles. The number of hydrogen-bond acceptors (Lipinski definition) is 4. The summed E-state index contributed by atoms with van der Waals surface area (Å²) < 4.78 is 33.1. The first-order valence-corrected chi connectivity index (χ1v) is 11.1. The molecule has 4 rings (SSSR count). The lowest BCUT2D eigenvalue weighted by Crippen LogP contribution is -2.33. The maximum atomic E-state index is 12.9. The van der Waals surface area contributed by atoms with Crippen molar-refractivity contribution in [2.24, 2.45) is 5.92 Å². The van der Waals surface area contributed by atoms with Crippen LogP contribution in [0.5, 0.6) is 5.75 Å². The fourth-order valence-corrected chi connectivity index (χ4v) is 5.08. The van der Waals surface area contributed by atoms with E-state index in [1.165, 1.54) is 19.2 Å². The highest BCUT2D eigenvalue weighted by Crippen LogP contribution is 2.35. The summed E-state index contributed by atoms with van der Waals surface area (Å²) in [6, 6.07) is 11.7. The molecule has 0 spiro atoms. The number of rotatable bonds is 5. The minimum absolute atomic E-state index is 0.102. The normalized spacial score (nSPS) is 16.8. The Bertz CT molecular complexity index is 980. The number of anilines is 2. The van der Waals surface area contributed by atoms with Crippen molar-refractivity contribution in [1.82, 2.24) is 0 Å². The van der Waals surface area contributed by atoms with E-state index < -0.39 is 10.0 Å². The molecule has 6 nitrogen and oxygen atoms in total. The van der Waals surface area contributed by atoms with E-state index in [2.05, 4.69) is 4.72 Å². The Morgan fingerprint density at radius 2 is 1.82 bits per heavy atom. The molecule has 1 heterocycles. The van der Waals surface area contributed by atoms with Crippen LogP contribution in [0.3, 0.4) is 0 Å². The first-order valence-electron chi connectivity index (χ1n) is 9.59. The number of sulfonamides is 1. The lowest BCUT2D eigenvalue weighted by molar-refractivity contribution is -0.122. The SMILES string of the molecule is COc1ccc(S(=O)(=O)Nc2ccc3c(c2)N(C(=O)C2CCCC2)CC3)cc1. The van der Waals surface area contributed by atoms with Crippen molar-refractivity contribution < 1.29 is 17.9 Å². The highest BCUT2D eigenvalue weighted by molar-refractivity contribution is 7.92. The smallest absolute Gasteiger partial charge is 0.261 e. The minimum Gasteiger partial charge on any atom is -0.497 e. The van der Waals surface area contributed by atoms with Crippen LogP contribution >= 0.6 is 0 Å². The van der Waals surface area contributed by atoms with Crippen LogP contribution in [0.1, 0.15) is 31.2 Å². The van der Waals surface area contributed by atoms with Gasteiger partial charge in [-0.15, -0.1) is 0 Å². The highest BCUT2D eigenvalue weighted by atomic mass is 32.2. The van der Waals surface area contributed by atoms with E-state index in [1.807, 2.05) is 11.0 Å². The lowest BCUT2D eigenvalue weighted by atomic mass is 10.1. The third kappa shape index (κ3) is 3.58. The monoisotopic (exact) mass is 400 g/mol. The molecular weight excluding hydrogens is 376 g/mol. The largest absolute Gasteiger partial charge is 0.497 e. The molecule has 0 radical (unpaired) electrons. The topological polar surface area (TPSA) is 75.7 Å². The van der Waals surface area contributed by atoms with Gasteiger partial charge in [0.15, 0.2) is 0 Å². The van der Waals surface area contributed by atoms with Gasteiger partial charge in [-0.1, -0.05) is 18.9 Å². The Morgan fingerprint density at radius 1 is 1.11 bits per heavy atom. The number of nitrogens with zero attached hydrogens (tertiary/aromatic N) is 1. The second kappa shape index (κ2) is 7.47. The van der Waals surface area contributed by atoms with Gasteiger partial charge in [-0.2, -0.15) is 0 Å². The fraction of sp³-hybridized carbons (Fsp3) is 0.381. The zero-order chi connectivity index (χ0) is 19.7. The Balaban J connectivity index is 1.56. The number of benzene rings is 2. The molecule has 0 saturated heterocycles.